The summed E-state index contributed by atoms with van der Waals surface area (Å²) in [4.78, 5) is 35.8. The zero-order valence-corrected chi connectivity index (χ0v) is 29.8. The van der Waals surface area contributed by atoms with Crippen LogP contribution in [-0.4, -0.2) is 63.6 Å². The molecule has 0 saturated carbocycles. The normalized spacial score (nSPS) is 16.4. The van der Waals surface area contributed by atoms with Crippen LogP contribution in [-0.2, 0) is 31.8 Å². The third-order valence-electron chi connectivity index (χ3n) is 9.95. The maximum Gasteiger partial charge on any atom is 0.329 e. The highest BCUT2D eigenvalue weighted by molar-refractivity contribution is 5.87. The molecule has 0 aliphatic carbocycles. The molecule has 1 aliphatic rings. The maximum absolute atomic E-state index is 13.7. The van der Waals surface area contributed by atoms with Gasteiger partial charge < -0.3 is 30.8 Å². The van der Waals surface area contributed by atoms with Crippen LogP contribution in [0.15, 0.2) is 97.5 Å². The lowest BCUT2D eigenvalue weighted by molar-refractivity contribution is -0.154. The van der Waals surface area contributed by atoms with E-state index in [9.17, 15) is 14.7 Å². The number of likely N-dealkylation sites (tertiary alicyclic amines) is 1. The van der Waals surface area contributed by atoms with Gasteiger partial charge in [-0.05, 0) is 85.8 Å². The number of piperidine rings is 1. The molecule has 0 radical (unpaired) electrons. The molecule has 5 N–H and O–H groups in total. The van der Waals surface area contributed by atoms with Crippen LogP contribution < -0.4 is 11.1 Å². The average molecular weight is 680 g/mol. The molecule has 1 amide bonds. The van der Waals surface area contributed by atoms with Gasteiger partial charge in [0.25, 0.3) is 0 Å². The van der Waals surface area contributed by atoms with Crippen LogP contribution in [0.3, 0.4) is 0 Å². The van der Waals surface area contributed by atoms with Crippen LogP contribution in [0.5, 0.6) is 0 Å². The molecule has 50 heavy (non-hydrogen) atoms. The van der Waals surface area contributed by atoms with Crippen molar-refractivity contribution in [3.05, 3.63) is 125 Å². The molecule has 266 valence electrons. The van der Waals surface area contributed by atoms with Crippen LogP contribution in [0.4, 0.5) is 0 Å². The van der Waals surface area contributed by atoms with Crippen molar-refractivity contribution < 1.29 is 19.4 Å². The van der Waals surface area contributed by atoms with Crippen molar-refractivity contribution in [2.75, 3.05) is 19.6 Å². The number of benzene rings is 3. The number of H-pyrrole nitrogens is 1. The number of nitrogens with one attached hydrogen (secondary N) is 2. The summed E-state index contributed by atoms with van der Waals surface area (Å²) in [5.74, 6) is -0.857. The van der Waals surface area contributed by atoms with Gasteiger partial charge in [-0.15, -0.1) is 0 Å². The van der Waals surface area contributed by atoms with Crippen molar-refractivity contribution >= 4 is 11.9 Å². The zero-order valence-electron chi connectivity index (χ0n) is 29.8. The SMILES string of the molecule is C[C@H](N)C(=O)N[C@@H](Cc1cnc[nH]1)C(=O)OC(CCCN1CCC(C(O)(c2ccccc2)c2ccccc2)CC1)c1ccc(C(C)(C)C)cc1. The predicted octanol–water partition coefficient (Wildman–Crippen LogP) is 5.79. The number of ether oxygens (including phenoxy) is 1. The molecule has 1 aliphatic heterocycles. The second kappa shape index (κ2) is 16.6. The van der Waals surface area contributed by atoms with Gasteiger partial charge in [0.05, 0.1) is 12.4 Å². The molecule has 0 spiro atoms. The highest BCUT2D eigenvalue weighted by Gasteiger charge is 2.41. The monoisotopic (exact) mass is 679 g/mol. The van der Waals surface area contributed by atoms with Gasteiger partial charge in [-0.1, -0.05) is 106 Å². The highest BCUT2D eigenvalue weighted by Crippen LogP contribution is 2.42. The van der Waals surface area contributed by atoms with E-state index >= 15 is 0 Å². The number of aromatic nitrogens is 2. The first-order valence-corrected chi connectivity index (χ1v) is 17.8. The van der Waals surface area contributed by atoms with Crippen LogP contribution in [0.2, 0.25) is 0 Å². The van der Waals surface area contributed by atoms with Crippen LogP contribution in [0.25, 0.3) is 0 Å². The minimum absolute atomic E-state index is 0.0115. The number of aromatic amines is 1. The molecule has 4 aromatic rings. The molecule has 2 heterocycles. The smallest absolute Gasteiger partial charge is 0.329 e. The van der Waals surface area contributed by atoms with E-state index in [1.807, 2.05) is 72.8 Å². The van der Waals surface area contributed by atoms with E-state index < -0.39 is 35.7 Å². The van der Waals surface area contributed by atoms with Gasteiger partial charge in [0.2, 0.25) is 5.91 Å². The number of carbonyl (C=O) groups is 2. The minimum Gasteiger partial charge on any atom is -0.456 e. The Morgan fingerprint density at radius 1 is 0.960 bits per heavy atom. The number of amides is 1. The van der Waals surface area contributed by atoms with E-state index in [1.54, 1.807) is 13.1 Å². The average Bonchev–Trinajstić information content (AvgIpc) is 3.64. The van der Waals surface area contributed by atoms with E-state index in [1.165, 1.54) is 11.9 Å². The summed E-state index contributed by atoms with van der Waals surface area (Å²) >= 11 is 0. The van der Waals surface area contributed by atoms with Crippen LogP contribution >= 0.6 is 0 Å². The fourth-order valence-electron chi connectivity index (χ4n) is 6.92. The standard InChI is InChI=1S/C41H53N5O4/c1-29(42)38(47)45-36(26-35-27-43-28-44-35)39(48)50-37(30-17-19-31(20-18-30)40(2,3)4)16-11-23-46-24-21-34(22-25-46)41(49,32-12-7-5-8-13-32)33-14-9-6-10-15-33/h5-10,12-15,17-20,27-29,34,36-37,49H,11,16,21-26,42H2,1-4H3,(H,43,44)(H,45,47)/t29-,36-,37?/m0/s1. The zero-order chi connectivity index (χ0) is 35.7. The number of hydrogen-bond donors (Lipinski definition) is 4. The number of rotatable bonds is 14. The largest absolute Gasteiger partial charge is 0.456 e. The second-order valence-electron chi connectivity index (χ2n) is 14.7. The van der Waals surface area contributed by atoms with Crippen molar-refractivity contribution in [1.29, 1.82) is 0 Å². The minimum atomic E-state index is -1.06. The summed E-state index contributed by atoms with van der Waals surface area (Å²) in [5, 5.41) is 15.1. The summed E-state index contributed by atoms with van der Waals surface area (Å²) in [7, 11) is 0. The number of imidazole rings is 1. The van der Waals surface area contributed by atoms with Gasteiger partial charge >= 0.3 is 5.97 Å². The lowest BCUT2D eigenvalue weighted by Gasteiger charge is -2.42. The van der Waals surface area contributed by atoms with E-state index in [4.69, 9.17) is 10.5 Å². The van der Waals surface area contributed by atoms with Gasteiger partial charge in [0.1, 0.15) is 17.7 Å². The molecular formula is C41H53N5O4. The number of carbonyl (C=O) groups excluding carboxylic acids is 2. The molecule has 9 heteroatoms. The molecular weight excluding hydrogens is 626 g/mol. The number of aliphatic hydroxyl groups is 1. The Labute approximate surface area is 296 Å². The molecule has 3 aromatic carbocycles. The Bertz CT molecular complexity index is 1590. The third kappa shape index (κ3) is 9.27. The third-order valence-corrected chi connectivity index (χ3v) is 9.95. The molecule has 0 bridgehead atoms. The fourth-order valence-corrected chi connectivity index (χ4v) is 6.92. The molecule has 1 fully saturated rings. The maximum atomic E-state index is 13.7. The number of nitrogens with zero attached hydrogens (tertiary/aromatic N) is 2. The van der Waals surface area contributed by atoms with Gasteiger partial charge in [-0.3, -0.25) is 4.79 Å². The predicted molar refractivity (Wildman–Crippen MR) is 196 cm³/mol. The lowest BCUT2D eigenvalue weighted by atomic mass is 9.72. The van der Waals surface area contributed by atoms with Gasteiger partial charge in [0.15, 0.2) is 0 Å². The molecule has 1 saturated heterocycles. The van der Waals surface area contributed by atoms with Crippen molar-refractivity contribution in [3.63, 3.8) is 0 Å². The summed E-state index contributed by atoms with van der Waals surface area (Å²) < 4.78 is 6.22. The Balaban J connectivity index is 1.26. The summed E-state index contributed by atoms with van der Waals surface area (Å²) in [6.07, 6.45) is 6.04. The Kier molecular flexibility index (Phi) is 12.3. The van der Waals surface area contributed by atoms with Gasteiger partial charge in [0, 0.05) is 18.3 Å². The molecule has 3 atom stereocenters. The number of esters is 1. The molecule has 9 nitrogen and oxygen atoms in total. The number of nitrogens with two attached hydrogens (primary N) is 1. The van der Waals surface area contributed by atoms with Gasteiger partial charge in [-0.25, -0.2) is 9.78 Å². The Morgan fingerprint density at radius 3 is 2.08 bits per heavy atom. The van der Waals surface area contributed by atoms with Crippen molar-refractivity contribution in [3.8, 4) is 0 Å². The first-order chi connectivity index (χ1) is 23.9. The van der Waals surface area contributed by atoms with Gasteiger partial charge in [-0.2, -0.15) is 0 Å². The van der Waals surface area contributed by atoms with Crippen molar-refractivity contribution in [1.82, 2.24) is 20.2 Å². The van der Waals surface area contributed by atoms with Crippen LogP contribution in [0, 0.1) is 5.92 Å². The summed E-state index contributed by atoms with van der Waals surface area (Å²) in [6, 6.07) is 26.6. The van der Waals surface area contributed by atoms with E-state index in [0.29, 0.717) is 12.1 Å². The molecule has 5 rings (SSSR count). The van der Waals surface area contributed by atoms with E-state index in [0.717, 1.165) is 55.6 Å². The summed E-state index contributed by atoms with van der Waals surface area (Å²) in [5.41, 5.74) is 9.42. The topological polar surface area (TPSA) is 134 Å². The van der Waals surface area contributed by atoms with Crippen molar-refractivity contribution in [2.45, 2.75) is 89.0 Å². The number of hydrogen-bond acceptors (Lipinski definition) is 7. The lowest BCUT2D eigenvalue weighted by Crippen LogP contribution is -2.49. The van der Waals surface area contributed by atoms with Crippen LogP contribution in [0.1, 0.15) is 87.4 Å². The van der Waals surface area contributed by atoms with E-state index in [2.05, 4.69) is 53.1 Å². The quantitative estimate of drug-likeness (QED) is 0.124. The fraction of sp³-hybridized carbons (Fsp3) is 0.439. The molecule has 1 aromatic heterocycles. The first-order valence-electron chi connectivity index (χ1n) is 17.8. The first kappa shape index (κ1) is 37.0. The Hall–Kier alpha value is -4.31. The second-order valence-corrected chi connectivity index (χ2v) is 14.7. The highest BCUT2D eigenvalue weighted by atomic mass is 16.5. The summed E-state index contributed by atoms with van der Waals surface area (Å²) in [6.45, 7) is 10.7. The van der Waals surface area contributed by atoms with Crippen molar-refractivity contribution in [2.24, 2.45) is 11.7 Å². The Morgan fingerprint density at radius 2 is 1.56 bits per heavy atom. The van der Waals surface area contributed by atoms with E-state index in [-0.39, 0.29) is 17.8 Å². The molecule has 1 unspecified atom stereocenters.